The van der Waals surface area contributed by atoms with Crippen molar-refractivity contribution in [3.63, 3.8) is 0 Å². The highest BCUT2D eigenvalue weighted by molar-refractivity contribution is 5.99. The minimum absolute atomic E-state index is 0.250. The molecule has 3 aromatic rings. The number of carbonyl (C=O) groups excluding carboxylic acids is 1. The van der Waals surface area contributed by atoms with Crippen LogP contribution in [-0.2, 0) is 0 Å². The summed E-state index contributed by atoms with van der Waals surface area (Å²) in [6, 6.07) is 12.8. The number of aryl methyl sites for hydroxylation is 1. The Morgan fingerprint density at radius 3 is 2.68 bits per heavy atom. The number of hydrazone groups is 1. The van der Waals surface area contributed by atoms with Crippen LogP contribution in [0.4, 0.5) is 0 Å². The van der Waals surface area contributed by atoms with Gasteiger partial charge in [-0.1, -0.05) is 18.2 Å². The van der Waals surface area contributed by atoms with E-state index in [9.17, 15) is 4.79 Å². The first-order valence-corrected chi connectivity index (χ1v) is 7.67. The molecule has 1 heterocycles. The van der Waals surface area contributed by atoms with E-state index < -0.39 is 5.91 Å². The highest BCUT2D eigenvalue weighted by atomic mass is 16.5. The molecular formula is C19H18N2O4. The van der Waals surface area contributed by atoms with Gasteiger partial charge in [-0.2, -0.15) is 5.10 Å². The summed E-state index contributed by atoms with van der Waals surface area (Å²) in [5.74, 6) is 1.12. The summed E-state index contributed by atoms with van der Waals surface area (Å²) in [4.78, 5) is 12.3. The van der Waals surface area contributed by atoms with Crippen molar-refractivity contribution in [2.24, 2.45) is 5.10 Å². The number of fused-ring (bicyclic) bond motifs is 1. The van der Waals surface area contributed by atoms with Gasteiger partial charge < -0.3 is 13.9 Å². The summed E-state index contributed by atoms with van der Waals surface area (Å²) < 4.78 is 16.0. The molecule has 0 radical (unpaired) electrons. The fourth-order valence-electron chi connectivity index (χ4n) is 2.53. The first-order valence-electron chi connectivity index (χ1n) is 7.67. The number of carbonyl (C=O) groups is 1. The number of amides is 1. The summed E-state index contributed by atoms with van der Waals surface area (Å²) in [5, 5.41) is 4.90. The smallest absolute Gasteiger partial charge is 0.307 e. The second kappa shape index (κ2) is 7.09. The van der Waals surface area contributed by atoms with Crippen LogP contribution in [0.25, 0.3) is 11.0 Å². The van der Waals surface area contributed by atoms with Crippen LogP contribution in [0.5, 0.6) is 11.5 Å². The molecule has 1 N–H and O–H groups in total. The zero-order valence-electron chi connectivity index (χ0n) is 14.2. The maximum Gasteiger partial charge on any atom is 0.307 e. The zero-order valence-corrected chi connectivity index (χ0v) is 14.2. The minimum Gasteiger partial charge on any atom is -0.497 e. The van der Waals surface area contributed by atoms with Gasteiger partial charge >= 0.3 is 5.91 Å². The first kappa shape index (κ1) is 16.6. The molecule has 0 aliphatic heterocycles. The van der Waals surface area contributed by atoms with E-state index in [1.807, 2.05) is 31.2 Å². The maximum absolute atomic E-state index is 12.3. The van der Waals surface area contributed by atoms with Gasteiger partial charge in [-0.15, -0.1) is 0 Å². The average Bonchev–Trinajstić information content (AvgIpc) is 2.99. The zero-order chi connectivity index (χ0) is 17.8. The maximum atomic E-state index is 12.3. The number of ether oxygens (including phenoxy) is 2. The summed E-state index contributed by atoms with van der Waals surface area (Å²) in [6.45, 7) is 1.84. The summed E-state index contributed by atoms with van der Waals surface area (Å²) in [7, 11) is 3.14. The number of methoxy groups -OCH3 is 2. The average molecular weight is 338 g/mol. The molecule has 0 unspecified atom stereocenters. The van der Waals surface area contributed by atoms with Gasteiger partial charge in [0.15, 0.2) is 5.76 Å². The molecular weight excluding hydrogens is 320 g/mol. The Kier molecular flexibility index (Phi) is 4.70. The molecule has 0 atom stereocenters. The van der Waals surface area contributed by atoms with Crippen LogP contribution in [0.3, 0.4) is 0 Å². The Labute approximate surface area is 145 Å². The highest BCUT2D eigenvalue weighted by Gasteiger charge is 2.16. The third-order valence-electron chi connectivity index (χ3n) is 3.86. The lowest BCUT2D eigenvalue weighted by Gasteiger charge is -2.06. The monoisotopic (exact) mass is 338 g/mol. The van der Waals surface area contributed by atoms with Crippen molar-refractivity contribution in [1.82, 2.24) is 5.43 Å². The van der Waals surface area contributed by atoms with E-state index in [0.717, 1.165) is 10.9 Å². The van der Waals surface area contributed by atoms with Crippen molar-refractivity contribution < 1.29 is 18.7 Å². The van der Waals surface area contributed by atoms with Crippen molar-refractivity contribution in [2.75, 3.05) is 14.2 Å². The number of furan rings is 1. The minimum atomic E-state index is -0.405. The molecule has 6 heteroatoms. The SMILES string of the molecule is COc1ccc(/C=N\NC(=O)c2oc3ccccc3c2C)c(OC)c1. The van der Waals surface area contributed by atoms with Gasteiger partial charge in [-0.25, -0.2) is 5.43 Å². The third-order valence-corrected chi connectivity index (χ3v) is 3.86. The molecule has 25 heavy (non-hydrogen) atoms. The van der Waals surface area contributed by atoms with Crippen LogP contribution < -0.4 is 14.9 Å². The van der Waals surface area contributed by atoms with E-state index in [2.05, 4.69) is 10.5 Å². The third kappa shape index (κ3) is 3.33. The van der Waals surface area contributed by atoms with Crippen LogP contribution in [0, 0.1) is 6.92 Å². The quantitative estimate of drug-likeness (QED) is 0.571. The molecule has 128 valence electrons. The van der Waals surface area contributed by atoms with Crippen LogP contribution in [0.1, 0.15) is 21.7 Å². The second-order valence-electron chi connectivity index (χ2n) is 5.36. The molecule has 0 saturated carbocycles. The van der Waals surface area contributed by atoms with E-state index in [1.54, 1.807) is 32.4 Å². The number of hydrogen-bond donors (Lipinski definition) is 1. The lowest BCUT2D eigenvalue weighted by molar-refractivity contribution is 0.0929. The normalized spacial score (nSPS) is 11.0. The van der Waals surface area contributed by atoms with Crippen molar-refractivity contribution in [3.8, 4) is 11.5 Å². The number of rotatable bonds is 5. The molecule has 1 amide bonds. The number of nitrogens with zero attached hydrogens (tertiary/aromatic N) is 1. The Morgan fingerprint density at radius 2 is 1.96 bits per heavy atom. The van der Waals surface area contributed by atoms with Crippen molar-refractivity contribution in [3.05, 3.63) is 59.4 Å². The Bertz CT molecular complexity index is 944. The van der Waals surface area contributed by atoms with Crippen LogP contribution in [0.15, 0.2) is 52.0 Å². The van der Waals surface area contributed by atoms with E-state index in [-0.39, 0.29) is 5.76 Å². The Morgan fingerprint density at radius 1 is 1.16 bits per heavy atom. The predicted octanol–water partition coefficient (Wildman–Crippen LogP) is 3.52. The summed E-state index contributed by atoms with van der Waals surface area (Å²) in [6.07, 6.45) is 1.51. The molecule has 0 spiro atoms. The van der Waals surface area contributed by atoms with E-state index in [1.165, 1.54) is 6.21 Å². The van der Waals surface area contributed by atoms with Crippen LogP contribution >= 0.6 is 0 Å². The lowest BCUT2D eigenvalue weighted by Crippen LogP contribution is -2.17. The predicted molar refractivity (Wildman–Crippen MR) is 95.6 cm³/mol. The van der Waals surface area contributed by atoms with Gasteiger partial charge in [-0.05, 0) is 25.1 Å². The van der Waals surface area contributed by atoms with Gasteiger partial charge in [0.1, 0.15) is 17.1 Å². The van der Waals surface area contributed by atoms with Gasteiger partial charge in [0.2, 0.25) is 0 Å². The first-order chi connectivity index (χ1) is 12.1. The van der Waals surface area contributed by atoms with Crippen LogP contribution in [-0.4, -0.2) is 26.3 Å². The molecule has 0 aliphatic rings. The topological polar surface area (TPSA) is 73.1 Å². The molecule has 0 fully saturated rings. The van der Waals surface area contributed by atoms with Crippen molar-refractivity contribution in [1.29, 1.82) is 0 Å². The standard InChI is InChI=1S/C19H18N2O4/c1-12-15-6-4-5-7-16(15)25-18(12)19(22)21-20-11-13-8-9-14(23-2)10-17(13)24-3/h4-11H,1-3H3,(H,21,22)/b20-11-. The fraction of sp³-hybridized carbons (Fsp3) is 0.158. The number of benzene rings is 2. The molecule has 0 saturated heterocycles. The Balaban J connectivity index is 1.77. The van der Waals surface area contributed by atoms with E-state index in [4.69, 9.17) is 13.9 Å². The fourth-order valence-corrected chi connectivity index (χ4v) is 2.53. The largest absolute Gasteiger partial charge is 0.497 e. The molecule has 0 aliphatic carbocycles. The molecule has 1 aromatic heterocycles. The van der Waals surface area contributed by atoms with Gasteiger partial charge in [0, 0.05) is 22.6 Å². The number of nitrogens with one attached hydrogen (secondary N) is 1. The second-order valence-corrected chi connectivity index (χ2v) is 5.36. The number of para-hydroxylation sites is 1. The van der Waals surface area contributed by atoms with Gasteiger partial charge in [0.05, 0.1) is 20.4 Å². The van der Waals surface area contributed by atoms with Crippen molar-refractivity contribution >= 4 is 23.1 Å². The lowest BCUT2D eigenvalue weighted by atomic mass is 10.1. The van der Waals surface area contributed by atoms with Crippen molar-refractivity contribution in [2.45, 2.75) is 6.92 Å². The number of hydrogen-bond acceptors (Lipinski definition) is 5. The van der Waals surface area contributed by atoms with Crippen LogP contribution in [0.2, 0.25) is 0 Å². The molecule has 3 rings (SSSR count). The summed E-state index contributed by atoms with van der Waals surface area (Å²) >= 11 is 0. The molecule has 6 nitrogen and oxygen atoms in total. The Hall–Kier alpha value is -3.28. The molecule has 2 aromatic carbocycles. The van der Waals surface area contributed by atoms with Gasteiger partial charge in [0.25, 0.3) is 0 Å². The molecule has 0 bridgehead atoms. The van der Waals surface area contributed by atoms with Gasteiger partial charge in [-0.3, -0.25) is 4.79 Å². The summed E-state index contributed by atoms with van der Waals surface area (Å²) in [5.41, 5.74) is 4.65. The van der Waals surface area contributed by atoms with E-state index in [0.29, 0.717) is 22.6 Å². The van der Waals surface area contributed by atoms with E-state index >= 15 is 0 Å². The highest BCUT2D eigenvalue weighted by Crippen LogP contribution is 2.25.